The topological polar surface area (TPSA) is 72.1 Å². The third-order valence-electron chi connectivity index (χ3n) is 2.08. The summed E-state index contributed by atoms with van der Waals surface area (Å²) >= 11 is 0. The van der Waals surface area contributed by atoms with Gasteiger partial charge in [-0.25, -0.2) is 5.84 Å². The van der Waals surface area contributed by atoms with E-state index >= 15 is 0 Å². The van der Waals surface area contributed by atoms with E-state index in [2.05, 4.69) is 15.3 Å². The van der Waals surface area contributed by atoms with Crippen LogP contribution in [0.4, 0.5) is 0 Å². The van der Waals surface area contributed by atoms with Crippen LogP contribution in [0, 0.1) is 0 Å². The lowest BCUT2D eigenvalue weighted by molar-refractivity contribution is 0.159. The van der Waals surface area contributed by atoms with E-state index < -0.39 is 0 Å². The first-order chi connectivity index (χ1) is 7.79. The van der Waals surface area contributed by atoms with Crippen LogP contribution in [0.15, 0.2) is 4.99 Å². The van der Waals surface area contributed by atoms with Crippen molar-refractivity contribution < 1.29 is 9.47 Å². The first-order valence-corrected chi connectivity index (χ1v) is 5.54. The number of guanidine groups is 1. The maximum Gasteiger partial charge on any atom is 0.208 e. The van der Waals surface area contributed by atoms with Gasteiger partial charge in [-0.15, -0.1) is 0 Å². The Morgan fingerprint density at radius 2 is 1.94 bits per heavy atom. The van der Waals surface area contributed by atoms with E-state index in [0.29, 0.717) is 19.1 Å². The maximum atomic E-state index is 5.44. The van der Waals surface area contributed by atoms with Crippen LogP contribution >= 0.6 is 0 Å². The Hall–Kier alpha value is -0.850. The summed E-state index contributed by atoms with van der Waals surface area (Å²) in [5.41, 5.74) is 2.62. The van der Waals surface area contributed by atoms with E-state index in [1.807, 2.05) is 6.92 Å². The van der Waals surface area contributed by atoms with E-state index in [-0.39, 0.29) is 0 Å². The third kappa shape index (κ3) is 6.60. The van der Waals surface area contributed by atoms with Gasteiger partial charge in [0.2, 0.25) is 5.96 Å². The average molecular weight is 232 g/mol. The summed E-state index contributed by atoms with van der Waals surface area (Å²) in [6.45, 7) is 5.67. The van der Waals surface area contributed by atoms with Gasteiger partial charge < -0.3 is 14.4 Å². The molecule has 0 radical (unpaired) electrons. The van der Waals surface area contributed by atoms with Gasteiger partial charge >= 0.3 is 0 Å². The fourth-order valence-corrected chi connectivity index (χ4v) is 1.31. The third-order valence-corrected chi connectivity index (χ3v) is 2.08. The van der Waals surface area contributed by atoms with Crippen LogP contribution < -0.4 is 11.3 Å². The highest BCUT2D eigenvalue weighted by Gasteiger charge is 2.08. The molecule has 0 heterocycles. The number of nitrogens with one attached hydrogen (secondary N) is 1. The molecule has 0 aromatic rings. The largest absolute Gasteiger partial charge is 0.385 e. The fourth-order valence-electron chi connectivity index (χ4n) is 1.31. The molecule has 0 aliphatic rings. The monoisotopic (exact) mass is 232 g/mol. The van der Waals surface area contributed by atoms with Gasteiger partial charge in [-0.3, -0.25) is 10.4 Å². The molecule has 3 N–H and O–H groups in total. The zero-order valence-corrected chi connectivity index (χ0v) is 10.5. The van der Waals surface area contributed by atoms with Gasteiger partial charge in [0.25, 0.3) is 0 Å². The van der Waals surface area contributed by atoms with Gasteiger partial charge in [-0.2, -0.15) is 0 Å². The van der Waals surface area contributed by atoms with Gasteiger partial charge in [0.15, 0.2) is 0 Å². The molecule has 0 saturated heterocycles. The van der Waals surface area contributed by atoms with Gasteiger partial charge in [-0.05, 0) is 13.3 Å². The van der Waals surface area contributed by atoms with Gasteiger partial charge in [-0.1, -0.05) is 0 Å². The molecule has 0 aliphatic heterocycles. The van der Waals surface area contributed by atoms with Crippen LogP contribution in [0.25, 0.3) is 0 Å². The van der Waals surface area contributed by atoms with Gasteiger partial charge in [0.05, 0.1) is 6.61 Å². The first kappa shape index (κ1) is 15.2. The lowest BCUT2D eigenvalue weighted by Crippen LogP contribution is -2.46. The van der Waals surface area contributed by atoms with Crippen molar-refractivity contribution in [2.45, 2.75) is 13.3 Å². The van der Waals surface area contributed by atoms with Crippen molar-refractivity contribution in [3.8, 4) is 0 Å². The summed E-state index contributed by atoms with van der Waals surface area (Å²) < 4.78 is 10.1. The molecule has 0 saturated carbocycles. The average Bonchev–Trinajstić information content (AvgIpc) is 2.31. The van der Waals surface area contributed by atoms with Crippen molar-refractivity contribution in [1.29, 1.82) is 0 Å². The number of nitrogens with zero attached hydrogens (tertiary/aromatic N) is 2. The molecule has 96 valence electrons. The number of aliphatic imine (C=N–C) groups is 1. The van der Waals surface area contributed by atoms with Gasteiger partial charge in [0.1, 0.15) is 0 Å². The van der Waals surface area contributed by atoms with Crippen LogP contribution in [-0.2, 0) is 9.47 Å². The number of hydrogen-bond donors (Lipinski definition) is 2. The molecular formula is C10H24N4O2. The van der Waals surface area contributed by atoms with E-state index in [0.717, 1.165) is 26.1 Å². The molecular weight excluding hydrogens is 208 g/mol. The normalized spacial score (nSPS) is 11.6. The molecule has 0 fully saturated rings. The highest BCUT2D eigenvalue weighted by Crippen LogP contribution is 1.94. The number of ether oxygens (including phenoxy) is 2. The highest BCUT2D eigenvalue weighted by molar-refractivity contribution is 5.79. The summed E-state index contributed by atoms with van der Waals surface area (Å²) in [4.78, 5) is 6.35. The highest BCUT2D eigenvalue weighted by atomic mass is 16.5. The summed E-state index contributed by atoms with van der Waals surface area (Å²) in [6, 6.07) is 0. The summed E-state index contributed by atoms with van der Waals surface area (Å²) in [5.74, 6) is 6.15. The van der Waals surface area contributed by atoms with Crippen molar-refractivity contribution in [3.63, 3.8) is 0 Å². The standard InChI is InChI=1S/C10H24N4O2/c1-4-12-10(13-11)14(7-9-16-3)6-5-8-15-2/h4-9,11H2,1-3H3,(H,12,13). The smallest absolute Gasteiger partial charge is 0.208 e. The second kappa shape index (κ2) is 10.7. The molecule has 6 heteroatoms. The molecule has 0 aromatic heterocycles. The van der Waals surface area contributed by atoms with Crippen LogP contribution in [0.3, 0.4) is 0 Å². The number of hydrogen-bond acceptors (Lipinski definition) is 4. The molecule has 6 nitrogen and oxygen atoms in total. The number of nitrogens with two attached hydrogens (primary N) is 1. The Morgan fingerprint density at radius 1 is 1.25 bits per heavy atom. The van der Waals surface area contributed by atoms with E-state index in [1.165, 1.54) is 0 Å². The number of methoxy groups -OCH3 is 2. The van der Waals surface area contributed by atoms with E-state index in [9.17, 15) is 0 Å². The lowest BCUT2D eigenvalue weighted by atomic mass is 10.4. The van der Waals surface area contributed by atoms with Crippen LogP contribution in [0.5, 0.6) is 0 Å². The Bertz CT molecular complexity index is 188. The first-order valence-electron chi connectivity index (χ1n) is 5.54. The fraction of sp³-hybridized carbons (Fsp3) is 0.900. The number of hydrazine groups is 1. The van der Waals surface area contributed by atoms with Crippen molar-refractivity contribution >= 4 is 5.96 Å². The van der Waals surface area contributed by atoms with Crippen LogP contribution in [0.2, 0.25) is 0 Å². The summed E-state index contributed by atoms with van der Waals surface area (Å²) in [5, 5.41) is 0. The molecule has 0 rings (SSSR count). The quantitative estimate of drug-likeness (QED) is 0.199. The minimum Gasteiger partial charge on any atom is -0.385 e. The molecule has 0 aromatic carbocycles. The predicted octanol–water partition coefficient (Wildman–Crippen LogP) is -0.189. The zero-order chi connectivity index (χ0) is 12.2. The number of rotatable bonds is 8. The Labute approximate surface area is 97.8 Å². The van der Waals surface area contributed by atoms with Gasteiger partial charge in [0, 0.05) is 40.5 Å². The van der Waals surface area contributed by atoms with E-state index in [1.54, 1.807) is 14.2 Å². The molecule has 0 atom stereocenters. The zero-order valence-electron chi connectivity index (χ0n) is 10.5. The summed E-state index contributed by atoms with van der Waals surface area (Å²) in [6.07, 6.45) is 0.935. The Morgan fingerprint density at radius 3 is 2.44 bits per heavy atom. The Balaban J connectivity index is 4.20. The minimum absolute atomic E-state index is 0.650. The van der Waals surface area contributed by atoms with Crippen molar-refractivity contribution in [1.82, 2.24) is 10.3 Å². The second-order valence-electron chi connectivity index (χ2n) is 3.27. The van der Waals surface area contributed by atoms with Crippen molar-refractivity contribution in [3.05, 3.63) is 0 Å². The Kier molecular flexibility index (Phi) is 10.1. The minimum atomic E-state index is 0.650. The second-order valence-corrected chi connectivity index (χ2v) is 3.27. The molecule has 16 heavy (non-hydrogen) atoms. The van der Waals surface area contributed by atoms with Crippen molar-refractivity contribution in [2.24, 2.45) is 10.8 Å². The molecule has 0 spiro atoms. The predicted molar refractivity (Wildman–Crippen MR) is 65.2 cm³/mol. The SMILES string of the molecule is CCN=C(NN)N(CCCOC)CCOC. The van der Waals surface area contributed by atoms with Crippen LogP contribution in [-0.4, -0.2) is 57.9 Å². The molecule has 0 bridgehead atoms. The maximum absolute atomic E-state index is 5.44. The van der Waals surface area contributed by atoms with E-state index in [4.69, 9.17) is 15.3 Å². The molecule has 0 amide bonds. The van der Waals surface area contributed by atoms with Crippen molar-refractivity contribution in [2.75, 3.05) is 47.1 Å². The molecule has 0 unspecified atom stereocenters. The van der Waals surface area contributed by atoms with Crippen LogP contribution in [0.1, 0.15) is 13.3 Å². The summed E-state index contributed by atoms with van der Waals surface area (Å²) in [7, 11) is 3.38. The molecule has 0 aliphatic carbocycles. The lowest BCUT2D eigenvalue weighted by Gasteiger charge is -2.25.